The SMILES string of the molecule is CCNCc1ccc(Br)cc1N1CCOCC1CO. The molecule has 0 spiro atoms. The van der Waals surface area contributed by atoms with Crippen LogP contribution < -0.4 is 10.2 Å². The first-order valence-corrected chi connectivity index (χ1v) is 7.50. The van der Waals surface area contributed by atoms with E-state index in [0.29, 0.717) is 13.2 Å². The van der Waals surface area contributed by atoms with Gasteiger partial charge in [0, 0.05) is 23.2 Å². The van der Waals surface area contributed by atoms with Crippen LogP contribution >= 0.6 is 15.9 Å². The maximum Gasteiger partial charge on any atom is 0.0755 e. The molecule has 2 rings (SSSR count). The number of benzene rings is 1. The number of nitrogens with one attached hydrogen (secondary N) is 1. The van der Waals surface area contributed by atoms with Crippen molar-refractivity contribution in [1.29, 1.82) is 0 Å². The molecule has 5 heteroatoms. The molecule has 4 nitrogen and oxygen atoms in total. The van der Waals surface area contributed by atoms with Gasteiger partial charge in [0.1, 0.15) is 0 Å². The smallest absolute Gasteiger partial charge is 0.0755 e. The highest BCUT2D eigenvalue weighted by molar-refractivity contribution is 9.10. The minimum atomic E-state index is 0.0448. The minimum Gasteiger partial charge on any atom is -0.394 e. The topological polar surface area (TPSA) is 44.7 Å². The van der Waals surface area contributed by atoms with Crippen molar-refractivity contribution < 1.29 is 9.84 Å². The average molecular weight is 329 g/mol. The molecule has 0 radical (unpaired) electrons. The molecule has 1 aromatic carbocycles. The van der Waals surface area contributed by atoms with Gasteiger partial charge in [-0.25, -0.2) is 0 Å². The van der Waals surface area contributed by atoms with Gasteiger partial charge in [-0.1, -0.05) is 28.9 Å². The molecule has 1 aromatic rings. The third-order valence-corrected chi connectivity index (χ3v) is 3.85. The second kappa shape index (κ2) is 7.24. The van der Waals surface area contributed by atoms with Crippen LogP contribution in [0, 0.1) is 0 Å². The summed E-state index contributed by atoms with van der Waals surface area (Å²) in [5.74, 6) is 0. The quantitative estimate of drug-likeness (QED) is 0.864. The van der Waals surface area contributed by atoms with E-state index in [2.05, 4.69) is 51.3 Å². The van der Waals surface area contributed by atoms with Crippen molar-refractivity contribution in [1.82, 2.24) is 5.32 Å². The van der Waals surface area contributed by atoms with Gasteiger partial charge in [-0.15, -0.1) is 0 Å². The summed E-state index contributed by atoms with van der Waals surface area (Å²) >= 11 is 3.53. The molecule has 1 atom stereocenters. The zero-order chi connectivity index (χ0) is 13.7. The molecule has 0 saturated carbocycles. The van der Waals surface area contributed by atoms with Crippen molar-refractivity contribution in [3.63, 3.8) is 0 Å². The van der Waals surface area contributed by atoms with Crippen LogP contribution in [0.5, 0.6) is 0 Å². The van der Waals surface area contributed by atoms with Crippen molar-refractivity contribution in [3.05, 3.63) is 28.2 Å². The monoisotopic (exact) mass is 328 g/mol. The molecule has 0 aliphatic carbocycles. The van der Waals surface area contributed by atoms with Crippen LogP contribution in [0.4, 0.5) is 5.69 Å². The molecular formula is C14H21BrN2O2. The number of hydrogen-bond acceptors (Lipinski definition) is 4. The van der Waals surface area contributed by atoms with Crippen molar-refractivity contribution in [2.75, 3.05) is 37.8 Å². The third kappa shape index (κ3) is 3.69. The van der Waals surface area contributed by atoms with Crippen molar-refractivity contribution in [3.8, 4) is 0 Å². The van der Waals surface area contributed by atoms with Crippen LogP contribution in [0.15, 0.2) is 22.7 Å². The molecule has 1 heterocycles. The van der Waals surface area contributed by atoms with Crippen molar-refractivity contribution in [2.45, 2.75) is 19.5 Å². The van der Waals surface area contributed by atoms with Gasteiger partial charge in [0.2, 0.25) is 0 Å². The van der Waals surface area contributed by atoms with Crippen LogP contribution in [-0.2, 0) is 11.3 Å². The standard InChI is InChI=1S/C14H21BrN2O2/c1-2-16-8-11-3-4-12(15)7-14(11)17-5-6-19-10-13(17)9-18/h3-4,7,13,16,18H,2,5-6,8-10H2,1H3. The Labute approximate surface area is 122 Å². The fourth-order valence-electron chi connectivity index (χ4n) is 2.34. The normalized spacial score (nSPS) is 19.7. The van der Waals surface area contributed by atoms with Gasteiger partial charge in [-0.2, -0.15) is 0 Å². The van der Waals surface area contributed by atoms with E-state index >= 15 is 0 Å². The summed E-state index contributed by atoms with van der Waals surface area (Å²) in [6, 6.07) is 6.36. The Hall–Kier alpha value is -0.620. The summed E-state index contributed by atoms with van der Waals surface area (Å²) in [6.45, 7) is 6.13. The molecule has 1 aliphatic heterocycles. The third-order valence-electron chi connectivity index (χ3n) is 3.36. The lowest BCUT2D eigenvalue weighted by molar-refractivity contribution is 0.0726. The molecule has 106 valence electrons. The number of ether oxygens (including phenoxy) is 1. The van der Waals surface area contributed by atoms with E-state index in [1.54, 1.807) is 0 Å². The predicted octanol–water partition coefficient (Wildman–Crippen LogP) is 1.76. The van der Waals surface area contributed by atoms with Crippen LogP contribution in [-0.4, -0.2) is 44.1 Å². The zero-order valence-electron chi connectivity index (χ0n) is 11.2. The zero-order valence-corrected chi connectivity index (χ0v) is 12.8. The van der Waals surface area contributed by atoms with Crippen LogP contribution in [0.3, 0.4) is 0 Å². The second-order valence-electron chi connectivity index (χ2n) is 4.66. The lowest BCUT2D eigenvalue weighted by Gasteiger charge is -2.37. The molecule has 1 aliphatic rings. The number of aliphatic hydroxyl groups is 1. The number of morpholine rings is 1. The predicted molar refractivity (Wildman–Crippen MR) is 80.6 cm³/mol. The highest BCUT2D eigenvalue weighted by Crippen LogP contribution is 2.28. The molecule has 19 heavy (non-hydrogen) atoms. The first kappa shape index (κ1) is 14.8. The van der Waals surface area contributed by atoms with E-state index in [0.717, 1.165) is 24.1 Å². The Morgan fingerprint density at radius 3 is 3.11 bits per heavy atom. The van der Waals surface area contributed by atoms with E-state index in [-0.39, 0.29) is 12.6 Å². The number of halogens is 1. The van der Waals surface area contributed by atoms with Gasteiger partial charge in [0.05, 0.1) is 25.9 Å². The van der Waals surface area contributed by atoms with E-state index < -0.39 is 0 Å². The summed E-state index contributed by atoms with van der Waals surface area (Å²) in [6.07, 6.45) is 0. The number of aliphatic hydroxyl groups excluding tert-OH is 1. The summed E-state index contributed by atoms with van der Waals surface area (Å²) in [5, 5.41) is 12.9. The molecule has 1 saturated heterocycles. The van der Waals surface area contributed by atoms with Gasteiger partial charge >= 0.3 is 0 Å². The number of rotatable bonds is 5. The molecule has 1 fully saturated rings. The molecular weight excluding hydrogens is 308 g/mol. The first-order chi connectivity index (χ1) is 9.26. The summed E-state index contributed by atoms with van der Waals surface area (Å²) in [5.41, 5.74) is 2.43. The van der Waals surface area contributed by atoms with Gasteiger partial charge < -0.3 is 20.1 Å². The number of anilines is 1. The Balaban J connectivity index is 2.26. The van der Waals surface area contributed by atoms with Crippen LogP contribution in [0.1, 0.15) is 12.5 Å². The van der Waals surface area contributed by atoms with E-state index in [1.807, 2.05) is 0 Å². The molecule has 0 amide bonds. The van der Waals surface area contributed by atoms with E-state index in [9.17, 15) is 5.11 Å². The lowest BCUT2D eigenvalue weighted by Crippen LogP contribution is -2.48. The maximum absolute atomic E-state index is 9.51. The first-order valence-electron chi connectivity index (χ1n) is 6.70. The average Bonchev–Trinajstić information content (AvgIpc) is 2.46. The van der Waals surface area contributed by atoms with E-state index in [4.69, 9.17) is 4.74 Å². The largest absolute Gasteiger partial charge is 0.394 e. The summed E-state index contributed by atoms with van der Waals surface area (Å²) < 4.78 is 6.51. The Morgan fingerprint density at radius 2 is 2.37 bits per heavy atom. The van der Waals surface area contributed by atoms with Gasteiger partial charge in [0.25, 0.3) is 0 Å². The second-order valence-corrected chi connectivity index (χ2v) is 5.57. The summed E-state index contributed by atoms with van der Waals surface area (Å²) in [4.78, 5) is 2.25. The fraction of sp³-hybridized carbons (Fsp3) is 0.571. The number of nitrogens with zero attached hydrogens (tertiary/aromatic N) is 1. The Morgan fingerprint density at radius 1 is 1.53 bits per heavy atom. The summed E-state index contributed by atoms with van der Waals surface area (Å²) in [7, 11) is 0. The van der Waals surface area contributed by atoms with Gasteiger partial charge in [-0.3, -0.25) is 0 Å². The van der Waals surface area contributed by atoms with Crippen LogP contribution in [0.2, 0.25) is 0 Å². The van der Waals surface area contributed by atoms with Crippen molar-refractivity contribution >= 4 is 21.6 Å². The van der Waals surface area contributed by atoms with E-state index in [1.165, 1.54) is 11.3 Å². The minimum absolute atomic E-state index is 0.0448. The Bertz CT molecular complexity index is 414. The maximum atomic E-state index is 9.51. The fourth-order valence-corrected chi connectivity index (χ4v) is 2.69. The molecule has 1 unspecified atom stereocenters. The molecule has 0 aromatic heterocycles. The highest BCUT2D eigenvalue weighted by atomic mass is 79.9. The van der Waals surface area contributed by atoms with Crippen molar-refractivity contribution in [2.24, 2.45) is 0 Å². The molecule has 2 N–H and O–H groups in total. The lowest BCUT2D eigenvalue weighted by atomic mass is 10.1. The van der Waals surface area contributed by atoms with Gasteiger partial charge in [-0.05, 0) is 24.2 Å². The highest BCUT2D eigenvalue weighted by Gasteiger charge is 2.24. The Kier molecular flexibility index (Phi) is 5.63. The van der Waals surface area contributed by atoms with Crippen LogP contribution in [0.25, 0.3) is 0 Å². The number of hydrogen-bond donors (Lipinski definition) is 2. The van der Waals surface area contributed by atoms with Gasteiger partial charge in [0.15, 0.2) is 0 Å². The molecule has 0 bridgehead atoms.